The average Bonchev–Trinajstić information content (AvgIpc) is 3.32. The van der Waals surface area contributed by atoms with Gasteiger partial charge in [0.1, 0.15) is 5.37 Å². The van der Waals surface area contributed by atoms with Crippen molar-refractivity contribution in [1.82, 2.24) is 16.0 Å². The number of hydrogen-bond acceptors (Lipinski definition) is 7. The molecule has 0 bridgehead atoms. The lowest BCUT2D eigenvalue weighted by atomic mass is 9.84. The fourth-order valence-corrected chi connectivity index (χ4v) is 6.62. The number of alkyl carbamates (subject to hydrolysis) is 1. The summed E-state index contributed by atoms with van der Waals surface area (Å²) in [7, 11) is 0. The van der Waals surface area contributed by atoms with Crippen LogP contribution in [0.15, 0.2) is 0 Å². The van der Waals surface area contributed by atoms with Crippen LogP contribution in [0.2, 0.25) is 0 Å². The highest BCUT2D eigenvalue weighted by Gasteiger charge is 2.39. The second-order valence-electron chi connectivity index (χ2n) is 7.29. The molecule has 0 aromatic heterocycles. The van der Waals surface area contributed by atoms with E-state index in [-0.39, 0.29) is 29.2 Å². The minimum absolute atomic E-state index is 0.0633. The number of hydrogen-bond donors (Lipinski definition) is 3. The summed E-state index contributed by atoms with van der Waals surface area (Å²) in [4.78, 5) is 36.5. The van der Waals surface area contributed by atoms with Crippen molar-refractivity contribution < 1.29 is 19.1 Å². The average molecular weight is 416 g/mol. The third-order valence-corrected chi connectivity index (χ3v) is 7.99. The molecule has 152 valence electrons. The van der Waals surface area contributed by atoms with Gasteiger partial charge in [-0.25, -0.2) is 4.79 Å². The van der Waals surface area contributed by atoms with E-state index in [0.717, 1.165) is 11.5 Å². The predicted octanol–water partition coefficient (Wildman–Crippen LogP) is 2.07. The summed E-state index contributed by atoms with van der Waals surface area (Å²) in [6.45, 7) is 1.90. The molecular weight excluding hydrogens is 386 g/mol. The molecule has 3 N–H and O–H groups in total. The van der Waals surface area contributed by atoms with Crippen LogP contribution in [-0.2, 0) is 14.3 Å². The Kier molecular flexibility index (Phi) is 7.72. The fraction of sp³-hybridized carbons (Fsp3) is 0.833. The fourth-order valence-electron chi connectivity index (χ4n) is 4.03. The molecule has 0 radical (unpaired) electrons. The van der Waals surface area contributed by atoms with Gasteiger partial charge in [-0.3, -0.25) is 20.2 Å². The van der Waals surface area contributed by atoms with E-state index in [0.29, 0.717) is 18.4 Å². The van der Waals surface area contributed by atoms with Crippen LogP contribution in [0, 0.1) is 11.8 Å². The van der Waals surface area contributed by atoms with Gasteiger partial charge < -0.3 is 10.1 Å². The van der Waals surface area contributed by atoms with Crippen LogP contribution in [0.1, 0.15) is 45.4 Å². The largest absolute Gasteiger partial charge is 0.450 e. The number of rotatable bonds is 5. The van der Waals surface area contributed by atoms with Crippen molar-refractivity contribution in [1.29, 1.82) is 0 Å². The Balaban J connectivity index is 1.48. The van der Waals surface area contributed by atoms with Gasteiger partial charge >= 0.3 is 6.09 Å². The van der Waals surface area contributed by atoms with E-state index in [2.05, 4.69) is 16.0 Å². The van der Waals surface area contributed by atoms with Gasteiger partial charge in [0.15, 0.2) is 0 Å². The Bertz CT molecular complexity index is 557. The Morgan fingerprint density at radius 2 is 1.85 bits per heavy atom. The van der Waals surface area contributed by atoms with E-state index in [9.17, 15) is 14.4 Å². The molecule has 1 aliphatic carbocycles. The topological polar surface area (TPSA) is 96.5 Å². The third kappa shape index (κ3) is 5.54. The first-order valence-corrected chi connectivity index (χ1v) is 12.0. The maximum atomic E-state index is 12.7. The van der Waals surface area contributed by atoms with Gasteiger partial charge in [0.05, 0.1) is 17.9 Å². The van der Waals surface area contributed by atoms with Crippen molar-refractivity contribution >= 4 is 41.4 Å². The zero-order valence-corrected chi connectivity index (χ0v) is 17.3. The molecule has 3 amide bonds. The number of imide groups is 1. The molecule has 2 aliphatic heterocycles. The van der Waals surface area contributed by atoms with Crippen LogP contribution >= 0.6 is 23.5 Å². The lowest BCUT2D eigenvalue weighted by Crippen LogP contribution is -2.49. The van der Waals surface area contributed by atoms with Crippen molar-refractivity contribution in [2.24, 2.45) is 11.8 Å². The minimum atomic E-state index is -0.729. The van der Waals surface area contributed by atoms with E-state index in [4.69, 9.17) is 4.74 Å². The number of ether oxygens (including phenoxy) is 1. The first-order chi connectivity index (χ1) is 13.1. The zero-order chi connectivity index (χ0) is 19.2. The Morgan fingerprint density at radius 3 is 2.59 bits per heavy atom. The molecule has 4 atom stereocenters. The number of thioether (sulfide) groups is 2. The standard InChI is InChI=1S/C18H29N3O4S2/c1-2-25-18(24)21-14(22)12-8-9-26-16(12)20-15(23)17-19-13(10-27-17)11-6-4-3-5-7-11/h11-13,16-17,19H,2-10H2,1H3,(H,20,23)(H,21,22,24). The van der Waals surface area contributed by atoms with E-state index in [1.165, 1.54) is 32.1 Å². The Labute approximate surface area is 168 Å². The molecule has 3 aliphatic rings. The molecule has 0 spiro atoms. The predicted molar refractivity (Wildman–Crippen MR) is 107 cm³/mol. The number of carbonyl (C=O) groups is 3. The van der Waals surface area contributed by atoms with Gasteiger partial charge in [0, 0.05) is 11.8 Å². The quantitative estimate of drug-likeness (QED) is 0.632. The summed E-state index contributed by atoms with van der Waals surface area (Å²) in [6, 6.07) is 0.408. The smallest absolute Gasteiger partial charge is 0.413 e. The second kappa shape index (κ2) is 10.0. The summed E-state index contributed by atoms with van der Waals surface area (Å²) in [5, 5.41) is 8.20. The van der Waals surface area contributed by atoms with Crippen LogP contribution < -0.4 is 16.0 Å². The van der Waals surface area contributed by atoms with Crippen LogP contribution in [0.5, 0.6) is 0 Å². The first kappa shape index (κ1) is 20.8. The lowest BCUT2D eigenvalue weighted by molar-refractivity contribution is -0.125. The highest BCUT2D eigenvalue weighted by Crippen LogP contribution is 2.34. The maximum Gasteiger partial charge on any atom is 0.413 e. The SMILES string of the molecule is CCOC(=O)NC(=O)C1CCSC1NC(=O)C1NC(C2CCCCC2)CS1. The summed E-state index contributed by atoms with van der Waals surface area (Å²) < 4.78 is 4.76. The normalized spacial score (nSPS) is 31.4. The molecule has 3 rings (SSSR count). The van der Waals surface area contributed by atoms with Gasteiger partial charge in [-0.15, -0.1) is 23.5 Å². The van der Waals surface area contributed by atoms with Crippen molar-refractivity contribution in [3.63, 3.8) is 0 Å². The molecule has 4 unspecified atom stereocenters. The monoisotopic (exact) mass is 415 g/mol. The summed E-state index contributed by atoms with van der Waals surface area (Å²) in [6.07, 6.45) is 6.32. The minimum Gasteiger partial charge on any atom is -0.450 e. The number of carbonyl (C=O) groups excluding carboxylic acids is 3. The van der Waals surface area contributed by atoms with Crippen LogP contribution in [0.25, 0.3) is 0 Å². The van der Waals surface area contributed by atoms with Gasteiger partial charge in [0.2, 0.25) is 11.8 Å². The highest BCUT2D eigenvalue weighted by molar-refractivity contribution is 8.01. The van der Waals surface area contributed by atoms with Crippen LogP contribution in [0.3, 0.4) is 0 Å². The molecule has 7 nitrogen and oxygen atoms in total. The molecule has 2 saturated heterocycles. The first-order valence-electron chi connectivity index (χ1n) is 9.85. The molecule has 2 heterocycles. The third-order valence-electron chi connectivity index (χ3n) is 5.48. The van der Waals surface area contributed by atoms with Crippen LogP contribution in [0.4, 0.5) is 4.79 Å². The molecule has 0 aromatic carbocycles. The van der Waals surface area contributed by atoms with E-state index >= 15 is 0 Å². The van der Waals surface area contributed by atoms with Crippen molar-refractivity contribution in [2.75, 3.05) is 18.1 Å². The van der Waals surface area contributed by atoms with Gasteiger partial charge in [0.25, 0.3) is 0 Å². The summed E-state index contributed by atoms with van der Waals surface area (Å²) in [5.74, 6) is 1.56. The molecule has 9 heteroatoms. The Morgan fingerprint density at radius 1 is 1.07 bits per heavy atom. The molecule has 0 aromatic rings. The van der Waals surface area contributed by atoms with Gasteiger partial charge in [-0.2, -0.15) is 0 Å². The molecular formula is C18H29N3O4S2. The molecule has 27 heavy (non-hydrogen) atoms. The zero-order valence-electron chi connectivity index (χ0n) is 15.7. The molecule has 3 fully saturated rings. The summed E-state index contributed by atoms with van der Waals surface area (Å²) in [5.41, 5.74) is 0. The Hall–Kier alpha value is -0.930. The van der Waals surface area contributed by atoms with Crippen molar-refractivity contribution in [3.05, 3.63) is 0 Å². The second-order valence-corrected chi connectivity index (χ2v) is 9.68. The maximum absolute atomic E-state index is 12.7. The van der Waals surface area contributed by atoms with Gasteiger partial charge in [-0.05, 0) is 37.9 Å². The van der Waals surface area contributed by atoms with Crippen LogP contribution in [-0.4, -0.2) is 52.8 Å². The summed E-state index contributed by atoms with van der Waals surface area (Å²) >= 11 is 3.21. The van der Waals surface area contributed by atoms with E-state index in [1.807, 2.05) is 0 Å². The van der Waals surface area contributed by atoms with Crippen molar-refractivity contribution in [2.45, 2.75) is 62.2 Å². The lowest BCUT2D eigenvalue weighted by Gasteiger charge is -2.27. The highest BCUT2D eigenvalue weighted by atomic mass is 32.2. The van der Waals surface area contributed by atoms with E-state index in [1.54, 1.807) is 30.4 Å². The molecule has 1 saturated carbocycles. The number of amides is 3. The van der Waals surface area contributed by atoms with Crippen molar-refractivity contribution in [3.8, 4) is 0 Å². The van der Waals surface area contributed by atoms with E-state index < -0.39 is 12.0 Å². The van der Waals surface area contributed by atoms with Gasteiger partial charge in [-0.1, -0.05) is 19.3 Å². The number of nitrogens with one attached hydrogen (secondary N) is 3.